The van der Waals surface area contributed by atoms with Gasteiger partial charge in [0.15, 0.2) is 17.7 Å². The highest BCUT2D eigenvalue weighted by molar-refractivity contribution is 7.93. The first-order chi connectivity index (χ1) is 30.6. The minimum atomic E-state index is -1.74. The molecule has 0 saturated carbocycles. The highest BCUT2D eigenvalue weighted by Gasteiger charge is 2.59. The summed E-state index contributed by atoms with van der Waals surface area (Å²) >= 11 is 0.250. The number of aliphatic carboxylic acids is 1. The average Bonchev–Trinajstić information content (AvgIpc) is 3.83. The normalized spacial score (nSPS) is 33.8. The van der Waals surface area contributed by atoms with E-state index in [1.165, 1.54) is 13.4 Å². The first-order valence-corrected chi connectivity index (χ1v) is 23.6. The van der Waals surface area contributed by atoms with Crippen molar-refractivity contribution in [2.24, 2.45) is 17.8 Å². The van der Waals surface area contributed by atoms with E-state index in [-0.39, 0.29) is 36.6 Å². The topological polar surface area (TPSA) is 230 Å². The number of nitrogens with zero attached hydrogens (tertiary/aromatic N) is 5. The summed E-state index contributed by atoms with van der Waals surface area (Å²) in [7, 11) is 5.22. The number of carboxylic acids is 1. The van der Waals surface area contributed by atoms with Crippen LogP contribution in [0.15, 0.2) is 30.5 Å². The number of likely N-dealkylation sites (N-methyl/N-ethyl adjacent to an activating group) is 1. The Morgan fingerprint density at radius 3 is 2.43 bits per heavy atom. The number of nitrogen functional groups attached to an aromatic ring is 1. The summed E-state index contributed by atoms with van der Waals surface area (Å²) in [5, 5.41) is 33.7. The lowest BCUT2D eigenvalue weighted by atomic mass is 9.77. The smallest absolute Gasteiger partial charge is 0.410 e. The number of carbonyl (C=O) groups excluding carboxylic acids is 3. The number of esters is 1. The average molecular weight is 938 g/mol. The molecule has 0 aliphatic carbocycles. The van der Waals surface area contributed by atoms with Crippen LogP contribution in [-0.4, -0.2) is 159 Å². The maximum absolute atomic E-state index is 14.6. The van der Waals surface area contributed by atoms with Gasteiger partial charge in [0, 0.05) is 67.9 Å². The number of amides is 1. The third kappa shape index (κ3) is 13.2. The van der Waals surface area contributed by atoms with Crippen LogP contribution in [0.3, 0.4) is 0 Å². The number of rotatable bonds is 13. The molecule has 1 amide bonds. The van der Waals surface area contributed by atoms with Crippen molar-refractivity contribution in [1.82, 2.24) is 30.1 Å². The molecule has 4 heterocycles. The van der Waals surface area contributed by atoms with E-state index in [1.54, 1.807) is 43.3 Å². The molecular formula is C45H72FN7O11S. The van der Waals surface area contributed by atoms with E-state index in [0.29, 0.717) is 56.7 Å². The van der Waals surface area contributed by atoms with Crippen molar-refractivity contribution in [2.45, 2.75) is 154 Å². The minimum Gasteiger partial charge on any atom is -0.481 e. The molecule has 3 fully saturated rings. The Morgan fingerprint density at radius 1 is 1.14 bits per heavy atom. The summed E-state index contributed by atoms with van der Waals surface area (Å²) in [6.07, 6.45) is -0.549. The van der Waals surface area contributed by atoms with Gasteiger partial charge in [-0.2, -0.15) is 3.89 Å². The molecule has 3 aliphatic rings. The molecule has 0 radical (unpaired) electrons. The lowest BCUT2D eigenvalue weighted by Crippen LogP contribution is -2.61. The number of hydrogen-bond acceptors (Lipinski definition) is 16. The number of nitrogens with one attached hydrogen (secondary N) is 1. The second-order valence-electron chi connectivity index (χ2n) is 18.4. The fourth-order valence-corrected chi connectivity index (χ4v) is 9.71. The summed E-state index contributed by atoms with van der Waals surface area (Å²) in [6.45, 7) is 14.1. The van der Waals surface area contributed by atoms with E-state index >= 15 is 0 Å². The van der Waals surface area contributed by atoms with Crippen LogP contribution in [0.4, 0.5) is 14.4 Å². The number of benzene rings is 1. The predicted molar refractivity (Wildman–Crippen MR) is 243 cm³/mol. The molecule has 0 bridgehead atoms. The number of halogens is 1. The molecule has 18 nitrogen and oxygen atoms in total. The number of cyclic esters (lactones) is 1. The molecule has 5 rings (SSSR count). The quantitative estimate of drug-likeness (QED) is 0.0899. The molecule has 366 valence electrons. The van der Waals surface area contributed by atoms with E-state index in [9.17, 15) is 33.3 Å². The van der Waals surface area contributed by atoms with Crippen LogP contribution < -0.4 is 11.1 Å². The number of carbonyl (C=O) groups is 4. The Bertz CT molecular complexity index is 1900. The number of nitrogens with two attached hydrogens (primary N) is 1. The van der Waals surface area contributed by atoms with Crippen molar-refractivity contribution >= 4 is 41.7 Å². The third-order valence-corrected chi connectivity index (χ3v) is 13.0. The Labute approximate surface area is 387 Å². The zero-order chi connectivity index (χ0) is 48.4. The fourth-order valence-electron chi connectivity index (χ4n) is 9.71. The fraction of sp³-hybridized carbons (Fsp3) is 0.733. The zero-order valence-electron chi connectivity index (χ0n) is 39.8. The molecule has 1 aromatic heterocycles. The molecule has 3 unspecified atom stereocenters. The molecule has 0 spiro atoms. The number of aromatic nitrogens is 3. The van der Waals surface area contributed by atoms with Gasteiger partial charge >= 0.3 is 18.0 Å². The van der Waals surface area contributed by atoms with Crippen LogP contribution in [0, 0.1) is 17.8 Å². The van der Waals surface area contributed by atoms with Crippen molar-refractivity contribution in [1.29, 1.82) is 0 Å². The first kappa shape index (κ1) is 53.7. The Hall–Kier alpha value is -3.92. The number of carboxylic acid groups (broad SMARTS) is 1. The van der Waals surface area contributed by atoms with Gasteiger partial charge in [-0.25, -0.2) is 4.79 Å². The summed E-state index contributed by atoms with van der Waals surface area (Å²) in [5.74, 6) is -6.13. The number of anilines is 1. The van der Waals surface area contributed by atoms with Crippen molar-refractivity contribution in [3.05, 3.63) is 30.5 Å². The summed E-state index contributed by atoms with van der Waals surface area (Å²) in [6, 6.07) is 6.07. The highest BCUT2D eigenvalue weighted by atomic mass is 32.2. The number of ether oxygens (including phenoxy) is 5. The van der Waals surface area contributed by atoms with Gasteiger partial charge in [0.05, 0.1) is 36.5 Å². The summed E-state index contributed by atoms with van der Waals surface area (Å²) in [5.41, 5.74) is 5.55. The van der Waals surface area contributed by atoms with E-state index in [0.717, 1.165) is 5.56 Å². The van der Waals surface area contributed by atoms with Crippen molar-refractivity contribution < 1.29 is 57.0 Å². The second kappa shape index (κ2) is 23.7. The Morgan fingerprint density at radius 2 is 1.82 bits per heavy atom. The number of ketones is 1. The molecule has 3 aliphatic heterocycles. The molecule has 65 heavy (non-hydrogen) atoms. The molecule has 13 atom stereocenters. The molecule has 2 aromatic rings. The number of hydrogen-bond donors (Lipinski definition) is 4. The van der Waals surface area contributed by atoms with Crippen LogP contribution in [-0.2, 0) is 44.6 Å². The van der Waals surface area contributed by atoms with Crippen molar-refractivity contribution in [3.8, 4) is 11.3 Å². The lowest BCUT2D eigenvalue weighted by Gasteiger charge is -2.46. The standard InChI is InChI=1S/C44H69N7O11.CH3FS/c1-11-34-44(7)38(51(42(57)62-44)18-13-12-17-50-24-32(47-48-50)29-15-14-16-30(45)20-29)28(5)46-23-25(2)22-43(6,58-10)39(27(4)36(54)31(21-35(52)53)40(56)60-34)61-41-37(55)33(49(8)9)19-26(3)59-41;1-3-2/h14-16,20,24-28,31,33-34,37-39,41,46,55H,11-13,17-19,21-23,45H2,1-10H3,(H,52,53);1H3/t25-,26?,27+,28-,31-,33?,34-,37?,38-,39-,41+,43-,44-;/m1./s1. The number of aliphatic hydroxyl groups is 1. The van der Waals surface area contributed by atoms with E-state index < -0.39 is 90.0 Å². The van der Waals surface area contributed by atoms with Crippen molar-refractivity contribution in [3.63, 3.8) is 0 Å². The number of Topliss-reactive ketones (excluding diaryl/α,β-unsaturated/α-hetero) is 1. The van der Waals surface area contributed by atoms with Gasteiger partial charge in [0.2, 0.25) is 0 Å². The SMILES string of the molecule is CC[C@H]1OC(=O)[C@H](CC(=O)O)C(=O)[C@H](C)[C@@H](O[C@@H]2OC(C)CC(N(C)C)C2O)[C@](C)(OC)C[C@@H](C)CN[C@H](C)[C@H]2N(CCCCn3cc(-c4cccc(N)c4)nn3)C(=O)O[C@]12C.CSF. The molecule has 1 aromatic carbocycles. The Balaban J connectivity index is 0.00000300. The lowest BCUT2D eigenvalue weighted by molar-refractivity contribution is -0.295. The minimum absolute atomic E-state index is 0.112. The molecule has 20 heteroatoms. The van der Waals surface area contributed by atoms with Gasteiger partial charge in [0.25, 0.3) is 0 Å². The monoisotopic (exact) mass is 937 g/mol. The largest absolute Gasteiger partial charge is 0.481 e. The second-order valence-corrected chi connectivity index (χ2v) is 18.7. The summed E-state index contributed by atoms with van der Waals surface area (Å²) < 4.78 is 43.3. The number of fused-ring (bicyclic) bond motifs is 1. The number of methoxy groups -OCH3 is 1. The molecule has 5 N–H and O–H groups in total. The zero-order valence-corrected chi connectivity index (χ0v) is 40.6. The number of unbranched alkanes of at least 4 members (excludes halogenated alkanes) is 1. The predicted octanol–water partition coefficient (Wildman–Crippen LogP) is 4.97. The van der Waals surface area contributed by atoms with Crippen LogP contribution >= 0.6 is 12.1 Å². The third-order valence-electron chi connectivity index (χ3n) is 13.0. The van der Waals surface area contributed by atoms with E-state index in [1.807, 2.05) is 64.2 Å². The van der Waals surface area contributed by atoms with Gasteiger partial charge in [-0.3, -0.25) is 24.0 Å². The van der Waals surface area contributed by atoms with E-state index in [4.69, 9.17) is 29.4 Å². The maximum Gasteiger partial charge on any atom is 0.410 e. The van der Waals surface area contributed by atoms with Gasteiger partial charge < -0.3 is 49.8 Å². The van der Waals surface area contributed by atoms with E-state index in [2.05, 4.69) is 15.6 Å². The highest BCUT2D eigenvalue weighted by Crippen LogP contribution is 2.40. The molecule has 3 saturated heterocycles. The van der Waals surface area contributed by atoms with Gasteiger partial charge in [0.1, 0.15) is 23.8 Å². The van der Waals surface area contributed by atoms with Crippen LogP contribution in [0.1, 0.15) is 87.0 Å². The maximum atomic E-state index is 14.6. The number of aliphatic hydroxyl groups excluding tert-OH is 1. The van der Waals surface area contributed by atoms with Crippen molar-refractivity contribution in [2.75, 3.05) is 46.3 Å². The van der Waals surface area contributed by atoms with Gasteiger partial charge in [-0.05, 0) is 98.5 Å². The van der Waals surface area contributed by atoms with Crippen LogP contribution in [0.5, 0.6) is 0 Å². The van der Waals surface area contributed by atoms with Gasteiger partial charge in [-0.1, -0.05) is 38.1 Å². The Kier molecular flexibility index (Phi) is 19.6. The number of aryl methyl sites for hydroxylation is 1. The van der Waals surface area contributed by atoms with Crippen LogP contribution in [0.25, 0.3) is 11.3 Å². The summed E-state index contributed by atoms with van der Waals surface area (Å²) in [4.78, 5) is 58.7. The molecular weight excluding hydrogens is 866 g/mol. The first-order valence-electron chi connectivity index (χ1n) is 22.4. The van der Waals surface area contributed by atoms with Crippen LogP contribution in [0.2, 0.25) is 0 Å². The van der Waals surface area contributed by atoms with Gasteiger partial charge in [-0.15, -0.1) is 5.10 Å².